The number of benzene rings is 2. The van der Waals surface area contributed by atoms with Crippen molar-refractivity contribution in [1.29, 1.82) is 0 Å². The van der Waals surface area contributed by atoms with Crippen LogP contribution in [0.4, 0.5) is 20.3 Å². The van der Waals surface area contributed by atoms with Crippen molar-refractivity contribution in [2.45, 2.75) is 13.5 Å². The summed E-state index contributed by atoms with van der Waals surface area (Å²) in [5.74, 6) is -1.47. The summed E-state index contributed by atoms with van der Waals surface area (Å²) in [6.45, 7) is 2.40. The molecular weight excluding hydrogens is 336 g/mol. The molecule has 0 atom stereocenters. The van der Waals surface area contributed by atoms with Gasteiger partial charge in [0.1, 0.15) is 23.1 Å². The topological polar surface area (TPSA) is 54.0 Å². The molecule has 0 radical (unpaired) electrons. The first-order valence-electron chi connectivity index (χ1n) is 8.04. The molecule has 4 nitrogen and oxygen atoms in total. The summed E-state index contributed by atoms with van der Waals surface area (Å²) in [5, 5.41) is 5.38. The first-order chi connectivity index (χ1) is 12.5. The Labute approximate surface area is 149 Å². The van der Waals surface area contributed by atoms with Gasteiger partial charge in [-0.1, -0.05) is 35.9 Å². The van der Waals surface area contributed by atoms with E-state index in [0.29, 0.717) is 12.1 Å². The number of aromatic nitrogens is 1. The summed E-state index contributed by atoms with van der Waals surface area (Å²) >= 11 is 0. The minimum absolute atomic E-state index is 0.240. The number of carbonyl (C=O) groups is 1. The minimum Gasteiger partial charge on any atom is -0.348 e. The van der Waals surface area contributed by atoms with E-state index < -0.39 is 11.6 Å². The number of nitrogens with zero attached hydrogens (tertiary/aromatic N) is 1. The Bertz CT molecular complexity index is 889. The molecule has 3 rings (SSSR count). The summed E-state index contributed by atoms with van der Waals surface area (Å²) in [6.07, 6.45) is 1.35. The number of halogens is 2. The molecule has 2 N–H and O–H groups in total. The molecule has 0 aliphatic rings. The zero-order chi connectivity index (χ0) is 18.5. The summed E-state index contributed by atoms with van der Waals surface area (Å²) in [7, 11) is 0. The van der Waals surface area contributed by atoms with E-state index in [1.807, 2.05) is 31.2 Å². The predicted molar refractivity (Wildman–Crippen MR) is 96.2 cm³/mol. The highest BCUT2D eigenvalue weighted by atomic mass is 19.1. The van der Waals surface area contributed by atoms with E-state index in [1.165, 1.54) is 18.3 Å². The number of anilines is 2. The molecule has 1 heterocycles. The average molecular weight is 353 g/mol. The van der Waals surface area contributed by atoms with E-state index in [-0.39, 0.29) is 17.4 Å². The Morgan fingerprint density at radius 3 is 2.31 bits per heavy atom. The van der Waals surface area contributed by atoms with Crippen molar-refractivity contribution in [3.05, 3.63) is 89.1 Å². The number of rotatable bonds is 5. The Hall–Kier alpha value is -3.28. The second kappa shape index (κ2) is 7.74. The first-order valence-corrected chi connectivity index (χ1v) is 8.04. The number of hydrogen-bond donors (Lipinski definition) is 2. The number of aryl methyl sites for hydroxylation is 1. The maximum atomic E-state index is 13.6. The van der Waals surface area contributed by atoms with Gasteiger partial charge in [0.2, 0.25) is 0 Å². The van der Waals surface area contributed by atoms with Crippen LogP contribution >= 0.6 is 0 Å². The molecule has 2 aromatic carbocycles. The molecule has 1 aromatic heterocycles. The number of nitrogens with one attached hydrogen (secondary N) is 2. The number of pyridine rings is 1. The Morgan fingerprint density at radius 1 is 1.00 bits per heavy atom. The highest BCUT2D eigenvalue weighted by Crippen LogP contribution is 2.22. The smallest absolute Gasteiger partial charge is 0.253 e. The normalized spacial score (nSPS) is 10.4. The first kappa shape index (κ1) is 17.5. The van der Waals surface area contributed by atoms with E-state index in [0.717, 1.165) is 23.3 Å². The fourth-order valence-electron chi connectivity index (χ4n) is 2.34. The number of carbonyl (C=O) groups excluding carboxylic acids is 1. The summed E-state index contributed by atoms with van der Waals surface area (Å²) in [5.41, 5.74) is 2.22. The van der Waals surface area contributed by atoms with E-state index >= 15 is 0 Å². The maximum Gasteiger partial charge on any atom is 0.253 e. The van der Waals surface area contributed by atoms with Crippen molar-refractivity contribution in [3.8, 4) is 0 Å². The summed E-state index contributed by atoms with van der Waals surface area (Å²) < 4.78 is 27.3. The third-order valence-corrected chi connectivity index (χ3v) is 3.82. The third kappa shape index (κ3) is 4.22. The van der Waals surface area contributed by atoms with Crippen LogP contribution in [0.2, 0.25) is 0 Å². The molecule has 132 valence electrons. The van der Waals surface area contributed by atoms with Crippen molar-refractivity contribution in [3.63, 3.8) is 0 Å². The van der Waals surface area contributed by atoms with Crippen molar-refractivity contribution >= 4 is 17.4 Å². The highest BCUT2D eigenvalue weighted by Gasteiger charge is 2.10. The van der Waals surface area contributed by atoms with Crippen LogP contribution in [0.15, 0.2) is 60.8 Å². The van der Waals surface area contributed by atoms with E-state index in [1.54, 1.807) is 6.07 Å². The van der Waals surface area contributed by atoms with Gasteiger partial charge in [0.25, 0.3) is 5.91 Å². The van der Waals surface area contributed by atoms with Crippen LogP contribution in [0.25, 0.3) is 0 Å². The van der Waals surface area contributed by atoms with Gasteiger partial charge in [0, 0.05) is 12.7 Å². The zero-order valence-corrected chi connectivity index (χ0v) is 14.1. The third-order valence-electron chi connectivity index (χ3n) is 3.82. The van der Waals surface area contributed by atoms with Crippen molar-refractivity contribution < 1.29 is 13.6 Å². The second-order valence-corrected chi connectivity index (χ2v) is 5.82. The monoisotopic (exact) mass is 353 g/mol. The van der Waals surface area contributed by atoms with Crippen molar-refractivity contribution in [1.82, 2.24) is 10.3 Å². The molecule has 0 aliphatic heterocycles. The molecular formula is C20H17F2N3O. The lowest BCUT2D eigenvalue weighted by Gasteiger charge is -2.09. The quantitative estimate of drug-likeness (QED) is 0.717. The molecule has 0 bridgehead atoms. The molecule has 0 unspecified atom stereocenters. The van der Waals surface area contributed by atoms with Gasteiger partial charge in [-0.2, -0.15) is 0 Å². The Kier molecular flexibility index (Phi) is 5.22. The fourth-order valence-corrected chi connectivity index (χ4v) is 2.34. The van der Waals surface area contributed by atoms with Gasteiger partial charge in [-0.3, -0.25) is 4.79 Å². The van der Waals surface area contributed by atoms with Crippen LogP contribution in [0.1, 0.15) is 21.5 Å². The van der Waals surface area contributed by atoms with Crippen LogP contribution in [0, 0.1) is 18.6 Å². The number of amides is 1. The average Bonchev–Trinajstić information content (AvgIpc) is 2.65. The SMILES string of the molecule is Cc1ccc(CNC(=O)c2ccc(Nc3c(F)cccc3F)nc2)cc1. The van der Waals surface area contributed by atoms with Gasteiger partial charge >= 0.3 is 0 Å². The highest BCUT2D eigenvalue weighted by molar-refractivity contribution is 5.94. The molecule has 3 aromatic rings. The Balaban J connectivity index is 1.63. The lowest BCUT2D eigenvalue weighted by molar-refractivity contribution is 0.0950. The van der Waals surface area contributed by atoms with Gasteiger partial charge in [-0.25, -0.2) is 13.8 Å². The number of hydrogen-bond acceptors (Lipinski definition) is 3. The second-order valence-electron chi connectivity index (χ2n) is 5.82. The molecule has 0 saturated heterocycles. The molecule has 0 aliphatic carbocycles. The van der Waals surface area contributed by atoms with E-state index in [2.05, 4.69) is 15.6 Å². The van der Waals surface area contributed by atoms with Crippen molar-refractivity contribution in [2.24, 2.45) is 0 Å². The lowest BCUT2D eigenvalue weighted by Crippen LogP contribution is -2.22. The van der Waals surface area contributed by atoms with E-state index in [4.69, 9.17) is 0 Å². The molecule has 0 fully saturated rings. The van der Waals surface area contributed by atoms with Crippen LogP contribution in [0.3, 0.4) is 0 Å². The van der Waals surface area contributed by atoms with Gasteiger partial charge in [0.05, 0.1) is 5.56 Å². The zero-order valence-electron chi connectivity index (χ0n) is 14.1. The predicted octanol–water partition coefficient (Wildman–Crippen LogP) is 4.34. The van der Waals surface area contributed by atoms with Crippen LogP contribution in [-0.4, -0.2) is 10.9 Å². The minimum atomic E-state index is -0.716. The molecule has 26 heavy (non-hydrogen) atoms. The molecule has 0 spiro atoms. The summed E-state index contributed by atoms with van der Waals surface area (Å²) in [6, 6.07) is 14.5. The van der Waals surface area contributed by atoms with Crippen LogP contribution in [0.5, 0.6) is 0 Å². The Morgan fingerprint density at radius 2 is 1.69 bits per heavy atom. The summed E-state index contributed by atoms with van der Waals surface area (Å²) in [4.78, 5) is 16.2. The van der Waals surface area contributed by atoms with Crippen LogP contribution in [-0.2, 0) is 6.54 Å². The number of para-hydroxylation sites is 1. The standard InChI is InChI=1S/C20H17F2N3O/c1-13-5-7-14(8-6-13)11-24-20(26)15-9-10-18(23-12-15)25-19-16(21)3-2-4-17(19)22/h2-10,12H,11H2,1H3,(H,23,25)(H,24,26). The molecule has 1 amide bonds. The lowest BCUT2D eigenvalue weighted by atomic mass is 10.1. The van der Waals surface area contributed by atoms with Crippen molar-refractivity contribution in [2.75, 3.05) is 5.32 Å². The largest absolute Gasteiger partial charge is 0.348 e. The maximum absolute atomic E-state index is 13.6. The van der Waals surface area contributed by atoms with Gasteiger partial charge in [-0.05, 0) is 36.8 Å². The van der Waals surface area contributed by atoms with Crippen LogP contribution < -0.4 is 10.6 Å². The van der Waals surface area contributed by atoms with Gasteiger partial charge in [0.15, 0.2) is 0 Å². The van der Waals surface area contributed by atoms with Gasteiger partial charge < -0.3 is 10.6 Å². The molecule has 0 saturated carbocycles. The van der Waals surface area contributed by atoms with E-state index in [9.17, 15) is 13.6 Å². The van der Waals surface area contributed by atoms with Gasteiger partial charge in [-0.15, -0.1) is 0 Å². The molecule has 6 heteroatoms. The fraction of sp³-hybridized carbons (Fsp3) is 0.100.